The van der Waals surface area contributed by atoms with Crippen LogP contribution >= 0.6 is 11.3 Å². The summed E-state index contributed by atoms with van der Waals surface area (Å²) in [6.07, 6.45) is 2.09. The summed E-state index contributed by atoms with van der Waals surface area (Å²) in [6.45, 7) is 5.39. The second-order valence-corrected chi connectivity index (χ2v) is 7.98. The minimum Gasteiger partial charge on any atom is -0.478 e. The van der Waals surface area contributed by atoms with Gasteiger partial charge in [-0.05, 0) is 40.8 Å². The van der Waals surface area contributed by atoms with Crippen molar-refractivity contribution in [1.29, 1.82) is 0 Å². The van der Waals surface area contributed by atoms with E-state index in [9.17, 15) is 0 Å². The van der Waals surface area contributed by atoms with E-state index in [1.54, 1.807) is 0 Å². The molecule has 0 N–H and O–H groups in total. The van der Waals surface area contributed by atoms with Crippen LogP contribution in [0, 0.1) is 5.41 Å². The third-order valence-corrected chi connectivity index (χ3v) is 5.79. The van der Waals surface area contributed by atoms with E-state index in [4.69, 9.17) is 9.73 Å². The summed E-state index contributed by atoms with van der Waals surface area (Å²) < 4.78 is 6.04. The van der Waals surface area contributed by atoms with Gasteiger partial charge in [0.1, 0.15) is 6.61 Å². The normalized spacial score (nSPS) is 25.6. The Morgan fingerprint density at radius 2 is 2.05 bits per heavy atom. The van der Waals surface area contributed by atoms with Gasteiger partial charge in [-0.15, -0.1) is 11.3 Å². The highest BCUT2D eigenvalue weighted by molar-refractivity contribution is 7.10. The molecule has 0 radical (unpaired) electrons. The predicted octanol–water partition coefficient (Wildman–Crippen LogP) is 4.45. The fourth-order valence-electron chi connectivity index (χ4n) is 3.73. The number of benzene rings is 1. The van der Waals surface area contributed by atoms with Crippen LogP contribution in [0.3, 0.4) is 0 Å². The Morgan fingerprint density at radius 3 is 2.86 bits per heavy atom. The number of aliphatic imine (C=N–C) groups is 1. The first-order valence-corrected chi connectivity index (χ1v) is 8.82. The van der Waals surface area contributed by atoms with Crippen molar-refractivity contribution in [1.82, 2.24) is 0 Å². The molecule has 2 atom stereocenters. The van der Waals surface area contributed by atoms with Gasteiger partial charge in [-0.1, -0.05) is 44.2 Å². The smallest absolute Gasteiger partial charge is 0.192 e. The second-order valence-electron chi connectivity index (χ2n) is 7.03. The van der Waals surface area contributed by atoms with Gasteiger partial charge >= 0.3 is 0 Å². The van der Waals surface area contributed by atoms with Crippen molar-refractivity contribution >= 4 is 17.2 Å². The van der Waals surface area contributed by atoms with Crippen LogP contribution in [0.5, 0.6) is 0 Å². The van der Waals surface area contributed by atoms with Crippen molar-refractivity contribution in [2.24, 2.45) is 10.4 Å². The zero-order valence-corrected chi connectivity index (χ0v) is 13.9. The molecule has 0 bridgehead atoms. The van der Waals surface area contributed by atoms with Crippen LogP contribution in [0.4, 0.5) is 0 Å². The summed E-state index contributed by atoms with van der Waals surface area (Å²) in [4.78, 5) is 6.40. The van der Waals surface area contributed by atoms with Gasteiger partial charge < -0.3 is 4.74 Å². The van der Waals surface area contributed by atoms with Gasteiger partial charge in [-0.3, -0.25) is 0 Å². The third-order valence-electron chi connectivity index (χ3n) is 4.76. The van der Waals surface area contributed by atoms with E-state index in [0.717, 1.165) is 25.3 Å². The van der Waals surface area contributed by atoms with Crippen LogP contribution in [-0.2, 0) is 17.6 Å². The molecule has 22 heavy (non-hydrogen) atoms. The van der Waals surface area contributed by atoms with E-state index < -0.39 is 0 Å². The van der Waals surface area contributed by atoms with Crippen molar-refractivity contribution in [2.75, 3.05) is 6.61 Å². The minimum atomic E-state index is 0.211. The monoisotopic (exact) mass is 311 g/mol. The first-order valence-electron chi connectivity index (χ1n) is 7.94. The Hall–Kier alpha value is -1.61. The van der Waals surface area contributed by atoms with E-state index in [-0.39, 0.29) is 11.5 Å². The summed E-state index contributed by atoms with van der Waals surface area (Å²) in [5.41, 5.74) is 3.03. The molecule has 2 heterocycles. The van der Waals surface area contributed by atoms with Crippen LogP contribution in [0.25, 0.3) is 0 Å². The zero-order valence-electron chi connectivity index (χ0n) is 13.1. The van der Waals surface area contributed by atoms with Crippen LogP contribution in [0.15, 0.2) is 46.8 Å². The maximum atomic E-state index is 6.04. The highest BCUT2D eigenvalue weighted by atomic mass is 32.1. The molecule has 0 saturated carbocycles. The van der Waals surface area contributed by atoms with Crippen molar-refractivity contribution < 1.29 is 4.74 Å². The molecule has 2 nitrogen and oxygen atoms in total. The van der Waals surface area contributed by atoms with E-state index in [2.05, 4.69) is 55.6 Å². The van der Waals surface area contributed by atoms with Crippen LogP contribution < -0.4 is 0 Å². The molecule has 1 aromatic heterocycles. The molecule has 2 aliphatic rings. The number of hydrogen-bond donors (Lipinski definition) is 0. The number of nitrogens with zero attached hydrogens (tertiary/aromatic N) is 1. The van der Waals surface area contributed by atoms with Crippen molar-refractivity contribution in [3.05, 3.63) is 57.8 Å². The average Bonchev–Trinajstić information content (AvgIpc) is 3.15. The molecule has 0 saturated heterocycles. The van der Waals surface area contributed by atoms with Gasteiger partial charge in [0.2, 0.25) is 0 Å². The number of thiophene rings is 1. The Labute approximate surface area is 135 Å². The quantitative estimate of drug-likeness (QED) is 0.820. The van der Waals surface area contributed by atoms with E-state index in [1.165, 1.54) is 16.0 Å². The summed E-state index contributed by atoms with van der Waals surface area (Å²) in [5, 5.41) is 2.20. The van der Waals surface area contributed by atoms with Crippen molar-refractivity contribution in [3.63, 3.8) is 0 Å². The van der Waals surface area contributed by atoms with Crippen molar-refractivity contribution in [3.8, 4) is 0 Å². The second kappa shape index (κ2) is 5.24. The molecule has 0 fully saturated rings. The molecule has 1 aliphatic heterocycles. The van der Waals surface area contributed by atoms with Crippen LogP contribution in [0.2, 0.25) is 0 Å². The molecule has 4 rings (SSSR count). The van der Waals surface area contributed by atoms with Crippen molar-refractivity contribution in [2.45, 2.75) is 38.6 Å². The van der Waals surface area contributed by atoms with E-state index in [1.807, 2.05) is 11.3 Å². The first kappa shape index (κ1) is 14.0. The minimum absolute atomic E-state index is 0.211. The fraction of sp³-hybridized carbons (Fsp3) is 0.421. The summed E-state index contributed by atoms with van der Waals surface area (Å²) in [5.74, 6) is 1.30. The number of ether oxygens (including phenoxy) is 1. The Morgan fingerprint density at radius 1 is 1.23 bits per heavy atom. The number of fused-ring (bicyclic) bond motifs is 1. The van der Waals surface area contributed by atoms with Gasteiger partial charge in [0.15, 0.2) is 5.90 Å². The van der Waals surface area contributed by atoms with E-state index in [0.29, 0.717) is 5.92 Å². The molecule has 114 valence electrons. The summed E-state index contributed by atoms with van der Waals surface area (Å²) >= 11 is 1.85. The van der Waals surface area contributed by atoms with Crippen LogP contribution in [0.1, 0.15) is 35.8 Å². The molecule has 0 unspecified atom stereocenters. The lowest BCUT2D eigenvalue weighted by atomic mass is 9.81. The number of hydrogen-bond acceptors (Lipinski definition) is 3. The third kappa shape index (κ3) is 2.38. The topological polar surface area (TPSA) is 21.6 Å². The maximum absolute atomic E-state index is 6.04. The molecular formula is C19H21NOS. The standard InChI is InChI=1S/C19H21NOS/c1-19(2)11-14-8-9-22-17(14)16(19)18-20-15(12-21-18)10-13-6-4-3-5-7-13/h3-9,15-16H,10-12H2,1-2H3/t15-,16-/m0/s1. The molecule has 1 aromatic carbocycles. The summed E-state index contributed by atoms with van der Waals surface area (Å²) in [6, 6.07) is 13.1. The molecule has 3 heteroatoms. The van der Waals surface area contributed by atoms with Crippen LogP contribution in [-0.4, -0.2) is 18.5 Å². The largest absolute Gasteiger partial charge is 0.478 e. The highest BCUT2D eigenvalue weighted by Crippen LogP contribution is 2.50. The average molecular weight is 311 g/mol. The Bertz CT molecular complexity index is 701. The van der Waals surface area contributed by atoms with Gasteiger partial charge in [0.05, 0.1) is 12.0 Å². The SMILES string of the molecule is CC1(C)Cc2ccsc2[C@H]1C1=N[C@@H](Cc2ccccc2)CO1. The van der Waals surface area contributed by atoms with Gasteiger partial charge in [0.25, 0.3) is 0 Å². The lowest BCUT2D eigenvalue weighted by Gasteiger charge is -2.26. The lowest BCUT2D eigenvalue weighted by Crippen LogP contribution is -2.25. The van der Waals surface area contributed by atoms with Gasteiger partial charge in [-0.25, -0.2) is 4.99 Å². The van der Waals surface area contributed by atoms with Gasteiger partial charge in [0, 0.05) is 4.88 Å². The number of rotatable bonds is 3. The maximum Gasteiger partial charge on any atom is 0.192 e. The fourth-order valence-corrected chi connectivity index (χ4v) is 4.95. The molecular weight excluding hydrogens is 290 g/mol. The lowest BCUT2D eigenvalue weighted by molar-refractivity contribution is 0.274. The summed E-state index contributed by atoms with van der Waals surface area (Å²) in [7, 11) is 0. The predicted molar refractivity (Wildman–Crippen MR) is 91.9 cm³/mol. The molecule has 2 aromatic rings. The zero-order chi connectivity index (χ0) is 15.2. The Balaban J connectivity index is 1.57. The molecule has 1 aliphatic carbocycles. The Kier molecular flexibility index (Phi) is 3.33. The van der Waals surface area contributed by atoms with E-state index >= 15 is 0 Å². The highest BCUT2D eigenvalue weighted by Gasteiger charge is 2.45. The molecule has 0 spiro atoms. The van der Waals surface area contributed by atoms with Gasteiger partial charge in [-0.2, -0.15) is 0 Å². The first-order chi connectivity index (χ1) is 10.6. The molecule has 0 amide bonds.